The van der Waals surface area contributed by atoms with E-state index in [4.69, 9.17) is 4.74 Å². The maximum absolute atomic E-state index is 12.1. The molecule has 1 atom stereocenters. The van der Waals surface area contributed by atoms with E-state index in [2.05, 4.69) is 10.6 Å². The monoisotopic (exact) mass is 232 g/mol. The number of ether oxygens (including phenoxy) is 1. The van der Waals surface area contributed by atoms with Crippen molar-refractivity contribution in [2.45, 2.75) is 24.8 Å². The summed E-state index contributed by atoms with van der Waals surface area (Å²) in [4.78, 5) is 12.1. The van der Waals surface area contributed by atoms with Crippen molar-refractivity contribution in [3.63, 3.8) is 0 Å². The van der Waals surface area contributed by atoms with Crippen LogP contribution in [0.1, 0.15) is 24.0 Å². The Labute approximate surface area is 100 Å². The third-order valence-electron chi connectivity index (χ3n) is 3.82. The first-order valence-corrected chi connectivity index (χ1v) is 5.97. The van der Waals surface area contributed by atoms with Crippen LogP contribution in [0.3, 0.4) is 0 Å². The van der Waals surface area contributed by atoms with Crippen LogP contribution in [0.5, 0.6) is 5.75 Å². The highest BCUT2D eigenvalue weighted by atomic mass is 16.5. The molecule has 1 aromatic rings. The molecule has 1 saturated heterocycles. The van der Waals surface area contributed by atoms with Crippen LogP contribution in [-0.2, 0) is 16.8 Å². The highest BCUT2D eigenvalue weighted by Crippen LogP contribution is 2.40. The molecule has 0 saturated carbocycles. The Hall–Kier alpha value is -1.55. The minimum atomic E-state index is -0.526. The third kappa shape index (κ3) is 1.37. The molecule has 90 valence electrons. The first kappa shape index (κ1) is 10.6. The summed E-state index contributed by atoms with van der Waals surface area (Å²) >= 11 is 0. The van der Waals surface area contributed by atoms with Crippen molar-refractivity contribution in [2.75, 3.05) is 13.8 Å². The molecule has 1 unspecified atom stereocenters. The van der Waals surface area contributed by atoms with Crippen LogP contribution in [0.4, 0.5) is 0 Å². The lowest BCUT2D eigenvalue weighted by Crippen LogP contribution is -2.45. The molecule has 1 fully saturated rings. The second kappa shape index (κ2) is 3.74. The summed E-state index contributed by atoms with van der Waals surface area (Å²) in [6.45, 7) is 0.551. The Kier molecular flexibility index (Phi) is 2.33. The number of amides is 1. The summed E-state index contributed by atoms with van der Waals surface area (Å²) in [5, 5.41) is 6.18. The zero-order chi connectivity index (χ0) is 11.9. The average Bonchev–Trinajstić information content (AvgIpc) is 2.72. The van der Waals surface area contributed by atoms with Crippen molar-refractivity contribution in [1.82, 2.24) is 10.6 Å². The molecule has 1 amide bonds. The van der Waals surface area contributed by atoms with Gasteiger partial charge in [0.25, 0.3) is 0 Å². The predicted octanol–water partition coefficient (Wildman–Crippen LogP) is 0.904. The molecule has 1 aromatic carbocycles. The fraction of sp³-hybridized carbons (Fsp3) is 0.462. The summed E-state index contributed by atoms with van der Waals surface area (Å²) < 4.78 is 5.39. The van der Waals surface area contributed by atoms with Gasteiger partial charge in [0.1, 0.15) is 11.3 Å². The van der Waals surface area contributed by atoms with Crippen molar-refractivity contribution in [1.29, 1.82) is 0 Å². The van der Waals surface area contributed by atoms with Gasteiger partial charge in [0, 0.05) is 0 Å². The maximum Gasteiger partial charge on any atom is 0.245 e. The number of methoxy groups -OCH3 is 1. The van der Waals surface area contributed by atoms with Gasteiger partial charge in [-0.25, -0.2) is 0 Å². The molecule has 3 rings (SSSR count). The number of fused-ring (bicyclic) bond motifs is 2. The molecule has 1 aliphatic heterocycles. The topological polar surface area (TPSA) is 50.4 Å². The fourth-order valence-corrected chi connectivity index (χ4v) is 3.01. The zero-order valence-corrected chi connectivity index (χ0v) is 9.88. The van der Waals surface area contributed by atoms with Crippen LogP contribution >= 0.6 is 0 Å². The Balaban J connectivity index is 2.17. The SMILES string of the molecule is COc1cccc2c1CCCC21NCNC1=O. The van der Waals surface area contributed by atoms with Crippen LogP contribution < -0.4 is 15.4 Å². The van der Waals surface area contributed by atoms with E-state index in [0.717, 1.165) is 30.6 Å². The predicted molar refractivity (Wildman–Crippen MR) is 63.8 cm³/mol. The van der Waals surface area contributed by atoms with Gasteiger partial charge >= 0.3 is 0 Å². The quantitative estimate of drug-likeness (QED) is 0.756. The van der Waals surface area contributed by atoms with Gasteiger partial charge in [0.15, 0.2) is 0 Å². The molecule has 1 aliphatic carbocycles. The van der Waals surface area contributed by atoms with Crippen LogP contribution in [0, 0.1) is 0 Å². The number of hydrogen-bond donors (Lipinski definition) is 2. The lowest BCUT2D eigenvalue weighted by Gasteiger charge is -2.34. The van der Waals surface area contributed by atoms with E-state index in [1.54, 1.807) is 7.11 Å². The second-order valence-corrected chi connectivity index (χ2v) is 4.60. The number of nitrogens with one attached hydrogen (secondary N) is 2. The Morgan fingerprint density at radius 1 is 1.41 bits per heavy atom. The van der Waals surface area contributed by atoms with E-state index < -0.39 is 5.54 Å². The molecule has 2 N–H and O–H groups in total. The molecule has 0 bridgehead atoms. The van der Waals surface area contributed by atoms with Crippen LogP contribution in [0.25, 0.3) is 0 Å². The first-order chi connectivity index (χ1) is 8.28. The molecule has 0 radical (unpaired) electrons. The molecule has 1 spiro atoms. The van der Waals surface area contributed by atoms with E-state index in [1.807, 2.05) is 18.2 Å². The van der Waals surface area contributed by atoms with Gasteiger partial charge in [0.05, 0.1) is 13.8 Å². The number of hydrogen-bond acceptors (Lipinski definition) is 3. The van der Waals surface area contributed by atoms with Gasteiger partial charge in [-0.05, 0) is 36.5 Å². The van der Waals surface area contributed by atoms with Crippen LogP contribution in [0.2, 0.25) is 0 Å². The van der Waals surface area contributed by atoms with E-state index in [9.17, 15) is 4.79 Å². The number of rotatable bonds is 1. The number of carbonyl (C=O) groups is 1. The Morgan fingerprint density at radius 3 is 3.00 bits per heavy atom. The normalized spacial score (nSPS) is 26.8. The zero-order valence-electron chi connectivity index (χ0n) is 9.88. The highest BCUT2D eigenvalue weighted by molar-refractivity contribution is 5.90. The number of benzene rings is 1. The molecular weight excluding hydrogens is 216 g/mol. The van der Waals surface area contributed by atoms with E-state index >= 15 is 0 Å². The van der Waals surface area contributed by atoms with Gasteiger partial charge in [-0.15, -0.1) is 0 Å². The van der Waals surface area contributed by atoms with Gasteiger partial charge in [0.2, 0.25) is 5.91 Å². The Bertz CT molecular complexity index is 472. The van der Waals surface area contributed by atoms with Gasteiger partial charge in [-0.2, -0.15) is 0 Å². The standard InChI is InChI=1S/C13H16N2O2/c1-17-11-6-2-5-10-9(11)4-3-7-13(10)12(16)14-8-15-13/h2,5-6,15H,3-4,7-8H2,1H3,(H,14,16). The average molecular weight is 232 g/mol. The minimum Gasteiger partial charge on any atom is -0.496 e. The molecule has 4 heteroatoms. The summed E-state index contributed by atoms with van der Waals surface area (Å²) in [6.07, 6.45) is 2.85. The van der Waals surface area contributed by atoms with Gasteiger partial charge < -0.3 is 10.1 Å². The molecule has 17 heavy (non-hydrogen) atoms. The molecule has 1 heterocycles. The van der Waals surface area contributed by atoms with Crippen molar-refractivity contribution < 1.29 is 9.53 Å². The first-order valence-electron chi connectivity index (χ1n) is 5.97. The molecule has 0 aromatic heterocycles. The van der Waals surface area contributed by atoms with Crippen LogP contribution in [0.15, 0.2) is 18.2 Å². The smallest absolute Gasteiger partial charge is 0.245 e. The minimum absolute atomic E-state index is 0.0895. The summed E-state index contributed by atoms with van der Waals surface area (Å²) in [5.74, 6) is 0.981. The van der Waals surface area contributed by atoms with Crippen LogP contribution in [-0.4, -0.2) is 19.7 Å². The van der Waals surface area contributed by atoms with Crippen molar-refractivity contribution in [2.24, 2.45) is 0 Å². The fourth-order valence-electron chi connectivity index (χ4n) is 3.01. The highest BCUT2D eigenvalue weighted by Gasteiger charge is 2.46. The maximum atomic E-state index is 12.1. The molecular formula is C13H16N2O2. The largest absolute Gasteiger partial charge is 0.496 e. The molecule has 4 nitrogen and oxygen atoms in total. The van der Waals surface area contributed by atoms with Crippen molar-refractivity contribution >= 4 is 5.91 Å². The van der Waals surface area contributed by atoms with Crippen molar-refractivity contribution in [3.05, 3.63) is 29.3 Å². The summed E-state index contributed by atoms with van der Waals surface area (Å²) in [6, 6.07) is 5.96. The summed E-state index contributed by atoms with van der Waals surface area (Å²) in [7, 11) is 1.68. The third-order valence-corrected chi connectivity index (χ3v) is 3.82. The lowest BCUT2D eigenvalue weighted by atomic mass is 9.76. The number of carbonyl (C=O) groups excluding carboxylic acids is 1. The van der Waals surface area contributed by atoms with Crippen molar-refractivity contribution in [3.8, 4) is 5.75 Å². The van der Waals surface area contributed by atoms with E-state index in [-0.39, 0.29) is 5.91 Å². The summed E-state index contributed by atoms with van der Waals surface area (Å²) in [5.41, 5.74) is 1.73. The van der Waals surface area contributed by atoms with Gasteiger partial charge in [-0.3, -0.25) is 10.1 Å². The lowest BCUT2D eigenvalue weighted by molar-refractivity contribution is -0.124. The molecule has 2 aliphatic rings. The Morgan fingerprint density at radius 2 is 2.29 bits per heavy atom. The second-order valence-electron chi connectivity index (χ2n) is 4.60. The van der Waals surface area contributed by atoms with E-state index in [1.165, 1.54) is 5.56 Å². The van der Waals surface area contributed by atoms with E-state index in [0.29, 0.717) is 6.67 Å². The van der Waals surface area contributed by atoms with Gasteiger partial charge in [-0.1, -0.05) is 12.1 Å².